The molecule has 1 saturated heterocycles. The predicted molar refractivity (Wildman–Crippen MR) is 105 cm³/mol. The number of aliphatic carboxylic acids is 1. The molecule has 31 heavy (non-hydrogen) atoms. The normalized spacial score (nSPS) is 16.7. The highest BCUT2D eigenvalue weighted by Crippen LogP contribution is 2.27. The first-order valence-electron chi connectivity index (χ1n) is 9.58. The molecule has 1 aliphatic heterocycles. The molecule has 2 aromatic heterocycles. The van der Waals surface area contributed by atoms with Crippen molar-refractivity contribution in [3.8, 4) is 0 Å². The van der Waals surface area contributed by atoms with Crippen LogP contribution in [0.1, 0.15) is 62.4 Å². The number of aryl methyl sites for hydroxylation is 1. The lowest BCUT2D eigenvalue weighted by molar-refractivity contribution is -0.192. The Morgan fingerprint density at radius 2 is 2.06 bits per heavy atom. The highest BCUT2D eigenvalue weighted by atomic mass is 32.1. The molecule has 1 atom stereocenters. The number of likely N-dealkylation sites (tertiary alicyclic amines) is 1. The van der Waals surface area contributed by atoms with E-state index in [2.05, 4.69) is 15.1 Å². The van der Waals surface area contributed by atoms with Crippen molar-refractivity contribution in [3.05, 3.63) is 22.8 Å². The van der Waals surface area contributed by atoms with Crippen LogP contribution in [-0.4, -0.2) is 56.3 Å². The molecule has 0 bridgehead atoms. The number of alkyl halides is 3. The second-order valence-corrected chi connectivity index (χ2v) is 8.19. The topological polar surface area (TPSA) is 135 Å². The van der Waals surface area contributed by atoms with Crippen molar-refractivity contribution in [1.82, 2.24) is 20.0 Å². The number of carbonyl (C=O) groups is 2. The molecule has 1 unspecified atom stereocenters. The van der Waals surface area contributed by atoms with Crippen LogP contribution in [0, 0.1) is 0 Å². The number of hydrogen-bond donors (Lipinski definition) is 2. The van der Waals surface area contributed by atoms with E-state index in [4.69, 9.17) is 20.2 Å². The standard InChI is InChI=1S/C16H23N5O2S.C2HF3O2/c1-10(2)14-19-15(23-20-14)11-4-3-7-21(8-11)13(22)6-5-12-9-24-16(17)18-12;3-2(4,5)1(6)7/h9-11H,3-8H2,1-2H3,(H2,17,18);(H,6,7). The second kappa shape index (κ2) is 10.6. The van der Waals surface area contributed by atoms with Gasteiger partial charge in [-0.3, -0.25) is 4.79 Å². The Morgan fingerprint density at radius 1 is 1.39 bits per heavy atom. The lowest BCUT2D eigenvalue weighted by Crippen LogP contribution is -2.39. The molecule has 0 aliphatic carbocycles. The van der Waals surface area contributed by atoms with Gasteiger partial charge in [0.2, 0.25) is 11.8 Å². The van der Waals surface area contributed by atoms with Gasteiger partial charge in [-0.15, -0.1) is 11.3 Å². The van der Waals surface area contributed by atoms with E-state index in [0.717, 1.165) is 30.9 Å². The fraction of sp³-hybridized carbons (Fsp3) is 0.611. The van der Waals surface area contributed by atoms with Gasteiger partial charge in [0.15, 0.2) is 11.0 Å². The molecule has 1 fully saturated rings. The smallest absolute Gasteiger partial charge is 0.475 e. The van der Waals surface area contributed by atoms with Gasteiger partial charge in [0, 0.05) is 30.8 Å². The Bertz CT molecular complexity index is 884. The van der Waals surface area contributed by atoms with Gasteiger partial charge >= 0.3 is 12.1 Å². The predicted octanol–water partition coefficient (Wildman–Crippen LogP) is 3.20. The Balaban J connectivity index is 0.000000423. The number of nitrogens with zero attached hydrogens (tertiary/aromatic N) is 4. The zero-order chi connectivity index (χ0) is 23.2. The van der Waals surface area contributed by atoms with E-state index < -0.39 is 12.1 Å². The number of nitrogens with two attached hydrogens (primary N) is 1. The van der Waals surface area contributed by atoms with E-state index in [1.54, 1.807) is 0 Å². The van der Waals surface area contributed by atoms with Crippen LogP contribution in [-0.2, 0) is 16.0 Å². The highest BCUT2D eigenvalue weighted by Gasteiger charge is 2.38. The molecule has 0 spiro atoms. The fourth-order valence-corrected chi connectivity index (χ4v) is 3.48. The van der Waals surface area contributed by atoms with Crippen LogP contribution < -0.4 is 5.73 Å². The molecule has 1 aliphatic rings. The largest absolute Gasteiger partial charge is 0.490 e. The summed E-state index contributed by atoms with van der Waals surface area (Å²) in [7, 11) is 0. The minimum Gasteiger partial charge on any atom is -0.475 e. The van der Waals surface area contributed by atoms with Gasteiger partial charge in [-0.25, -0.2) is 9.78 Å². The molecule has 0 radical (unpaired) electrons. The summed E-state index contributed by atoms with van der Waals surface area (Å²) < 4.78 is 37.1. The van der Waals surface area contributed by atoms with E-state index in [-0.39, 0.29) is 17.7 Å². The van der Waals surface area contributed by atoms with Crippen LogP contribution in [0.15, 0.2) is 9.90 Å². The summed E-state index contributed by atoms with van der Waals surface area (Å²) in [6.45, 7) is 5.52. The Kier molecular flexibility index (Phi) is 8.36. The molecule has 0 saturated carbocycles. The van der Waals surface area contributed by atoms with Crippen molar-refractivity contribution in [2.45, 2.75) is 57.5 Å². The first kappa shape index (κ1) is 24.6. The lowest BCUT2D eigenvalue weighted by Gasteiger charge is -2.31. The van der Waals surface area contributed by atoms with Crippen LogP contribution in [0.25, 0.3) is 0 Å². The number of rotatable bonds is 5. The van der Waals surface area contributed by atoms with Crippen molar-refractivity contribution in [3.63, 3.8) is 0 Å². The number of piperidine rings is 1. The molecule has 9 nitrogen and oxygen atoms in total. The molecule has 2 aromatic rings. The summed E-state index contributed by atoms with van der Waals surface area (Å²) in [5.41, 5.74) is 6.51. The lowest BCUT2D eigenvalue weighted by atomic mass is 9.97. The SMILES string of the molecule is CC(C)c1noc(C2CCCN(C(=O)CCc3csc(N)n3)C2)n1.O=C(O)C(F)(F)F. The van der Waals surface area contributed by atoms with E-state index in [1.807, 2.05) is 24.1 Å². The van der Waals surface area contributed by atoms with Crippen LogP contribution in [0.4, 0.5) is 18.3 Å². The molecule has 13 heteroatoms. The Labute approximate surface area is 180 Å². The number of carboxylic acid groups (broad SMARTS) is 1. The van der Waals surface area contributed by atoms with E-state index in [0.29, 0.717) is 30.4 Å². The van der Waals surface area contributed by atoms with Crippen LogP contribution in [0.5, 0.6) is 0 Å². The number of aromatic nitrogens is 3. The highest BCUT2D eigenvalue weighted by molar-refractivity contribution is 7.13. The number of anilines is 1. The summed E-state index contributed by atoms with van der Waals surface area (Å²) in [5, 5.41) is 13.6. The van der Waals surface area contributed by atoms with Crippen molar-refractivity contribution in [1.29, 1.82) is 0 Å². The first-order chi connectivity index (χ1) is 14.5. The maximum atomic E-state index is 12.5. The van der Waals surface area contributed by atoms with Gasteiger partial charge in [-0.1, -0.05) is 19.0 Å². The van der Waals surface area contributed by atoms with Crippen LogP contribution in [0.2, 0.25) is 0 Å². The van der Waals surface area contributed by atoms with Gasteiger partial charge < -0.3 is 20.3 Å². The molecule has 1 amide bonds. The van der Waals surface area contributed by atoms with Gasteiger partial charge in [-0.05, 0) is 19.3 Å². The maximum absolute atomic E-state index is 12.5. The molecule has 0 aromatic carbocycles. The van der Waals surface area contributed by atoms with Gasteiger partial charge in [0.25, 0.3) is 0 Å². The number of carboxylic acids is 1. The molecule has 172 valence electrons. The van der Waals surface area contributed by atoms with E-state index in [9.17, 15) is 18.0 Å². The van der Waals surface area contributed by atoms with Crippen molar-refractivity contribution < 1.29 is 32.4 Å². The van der Waals surface area contributed by atoms with Gasteiger partial charge in [0.1, 0.15) is 0 Å². The number of carbonyl (C=O) groups excluding carboxylic acids is 1. The van der Waals surface area contributed by atoms with Crippen molar-refractivity contribution in [2.75, 3.05) is 18.8 Å². The van der Waals surface area contributed by atoms with E-state index in [1.165, 1.54) is 11.3 Å². The zero-order valence-corrected chi connectivity index (χ0v) is 17.9. The maximum Gasteiger partial charge on any atom is 0.490 e. The zero-order valence-electron chi connectivity index (χ0n) is 17.1. The third-order valence-electron chi connectivity index (χ3n) is 4.50. The summed E-state index contributed by atoms with van der Waals surface area (Å²) in [6.07, 6.45) is -2.06. The average molecular weight is 463 g/mol. The average Bonchev–Trinajstić information content (AvgIpc) is 3.35. The summed E-state index contributed by atoms with van der Waals surface area (Å²) >= 11 is 1.41. The molecule has 3 rings (SSSR count). The van der Waals surface area contributed by atoms with Gasteiger partial charge in [0.05, 0.1) is 11.6 Å². The monoisotopic (exact) mass is 463 g/mol. The number of thiazole rings is 1. The van der Waals surface area contributed by atoms with Crippen LogP contribution in [0.3, 0.4) is 0 Å². The van der Waals surface area contributed by atoms with Crippen LogP contribution >= 0.6 is 11.3 Å². The minimum atomic E-state index is -5.08. The number of hydrogen-bond acceptors (Lipinski definition) is 8. The quantitative estimate of drug-likeness (QED) is 0.690. The Hall–Kier alpha value is -2.70. The summed E-state index contributed by atoms with van der Waals surface area (Å²) in [4.78, 5) is 32.0. The fourth-order valence-electron chi connectivity index (χ4n) is 2.88. The molecular weight excluding hydrogens is 439 g/mol. The number of amides is 1. The third-order valence-corrected chi connectivity index (χ3v) is 5.23. The van der Waals surface area contributed by atoms with E-state index >= 15 is 0 Å². The second-order valence-electron chi connectivity index (χ2n) is 7.30. The summed E-state index contributed by atoms with van der Waals surface area (Å²) in [5.74, 6) is -0.840. The summed E-state index contributed by atoms with van der Waals surface area (Å²) in [6, 6.07) is 0. The molecular formula is C18H24F3N5O4S. The van der Waals surface area contributed by atoms with Crippen molar-refractivity contribution in [2.24, 2.45) is 0 Å². The number of nitrogen functional groups attached to an aromatic ring is 1. The minimum absolute atomic E-state index is 0.137. The van der Waals surface area contributed by atoms with Gasteiger partial charge in [-0.2, -0.15) is 18.2 Å². The molecule has 3 N–H and O–H groups in total. The first-order valence-corrected chi connectivity index (χ1v) is 10.5. The Morgan fingerprint density at radius 3 is 2.58 bits per heavy atom. The third kappa shape index (κ3) is 7.49. The molecule has 3 heterocycles. The van der Waals surface area contributed by atoms with Crippen molar-refractivity contribution >= 4 is 28.3 Å². The number of halogens is 3.